The van der Waals surface area contributed by atoms with Gasteiger partial charge in [0.2, 0.25) is 0 Å². The molecule has 2 atom stereocenters. The molecular weight excluding hydrogens is 174 g/mol. The van der Waals surface area contributed by atoms with Crippen LogP contribution in [0.2, 0.25) is 0 Å². The second kappa shape index (κ2) is 3.18. The Bertz CT molecular complexity index is 273. The van der Waals surface area contributed by atoms with E-state index in [4.69, 9.17) is 15.9 Å². The van der Waals surface area contributed by atoms with Crippen LogP contribution in [0.15, 0.2) is 12.2 Å². The summed E-state index contributed by atoms with van der Waals surface area (Å²) in [5, 5.41) is 17.5. The molecule has 0 amide bonds. The molecule has 0 fully saturated rings. The molecule has 0 aromatic heterocycles. The van der Waals surface area contributed by atoms with Crippen LogP contribution >= 0.6 is 0 Å². The van der Waals surface area contributed by atoms with Gasteiger partial charge in [-0.3, -0.25) is 9.59 Å². The van der Waals surface area contributed by atoms with Gasteiger partial charge in [0.1, 0.15) is 5.54 Å². The number of rotatable bonds is 2. The van der Waals surface area contributed by atoms with Crippen molar-refractivity contribution < 1.29 is 19.8 Å². The molecule has 4 N–H and O–H groups in total. The number of nitrogens with two attached hydrogens (primary N) is 1. The van der Waals surface area contributed by atoms with Gasteiger partial charge in [-0.05, 0) is 12.8 Å². The first-order chi connectivity index (χ1) is 5.98. The fraction of sp³-hybridized carbons (Fsp3) is 0.500. The molecule has 0 radical (unpaired) electrons. The fourth-order valence-electron chi connectivity index (χ4n) is 1.42. The van der Waals surface area contributed by atoms with Crippen molar-refractivity contribution in [2.75, 3.05) is 0 Å². The predicted molar refractivity (Wildman–Crippen MR) is 44.1 cm³/mol. The van der Waals surface area contributed by atoms with Gasteiger partial charge in [0, 0.05) is 0 Å². The topological polar surface area (TPSA) is 101 Å². The average molecular weight is 185 g/mol. The van der Waals surface area contributed by atoms with Crippen molar-refractivity contribution in [2.24, 2.45) is 11.7 Å². The van der Waals surface area contributed by atoms with Crippen LogP contribution in [0, 0.1) is 5.92 Å². The van der Waals surface area contributed by atoms with Gasteiger partial charge in [-0.1, -0.05) is 12.2 Å². The lowest BCUT2D eigenvalue weighted by molar-refractivity contribution is -0.155. The summed E-state index contributed by atoms with van der Waals surface area (Å²) >= 11 is 0. The Hall–Kier alpha value is -1.36. The van der Waals surface area contributed by atoms with E-state index in [1.54, 1.807) is 12.2 Å². The monoisotopic (exact) mass is 185 g/mol. The SMILES string of the molecule is NC1(C(=O)O)CC=CCC1C(=O)O. The number of carboxylic acids is 2. The van der Waals surface area contributed by atoms with E-state index in [1.807, 2.05) is 0 Å². The van der Waals surface area contributed by atoms with Crippen LogP contribution in [-0.4, -0.2) is 27.7 Å². The van der Waals surface area contributed by atoms with Crippen molar-refractivity contribution >= 4 is 11.9 Å². The highest BCUT2D eigenvalue weighted by Crippen LogP contribution is 2.28. The van der Waals surface area contributed by atoms with Gasteiger partial charge in [-0.15, -0.1) is 0 Å². The van der Waals surface area contributed by atoms with E-state index in [0.717, 1.165) is 0 Å². The first kappa shape index (κ1) is 9.73. The van der Waals surface area contributed by atoms with Crippen LogP contribution < -0.4 is 5.73 Å². The Morgan fingerprint density at radius 3 is 2.38 bits per heavy atom. The molecule has 1 rings (SSSR count). The highest BCUT2D eigenvalue weighted by atomic mass is 16.4. The first-order valence-corrected chi connectivity index (χ1v) is 3.88. The standard InChI is InChI=1S/C8H11NO4/c9-8(7(12)13)4-2-1-3-5(8)6(10)11/h1-2,5H,3-4,9H2,(H,10,11)(H,12,13). The van der Waals surface area contributed by atoms with E-state index in [-0.39, 0.29) is 12.8 Å². The Morgan fingerprint density at radius 2 is 2.00 bits per heavy atom. The Balaban J connectivity index is 2.99. The van der Waals surface area contributed by atoms with Gasteiger partial charge in [-0.2, -0.15) is 0 Å². The van der Waals surface area contributed by atoms with E-state index in [9.17, 15) is 9.59 Å². The molecule has 0 heterocycles. The lowest BCUT2D eigenvalue weighted by Gasteiger charge is -2.31. The van der Waals surface area contributed by atoms with Gasteiger partial charge in [0.15, 0.2) is 0 Å². The zero-order valence-electron chi connectivity index (χ0n) is 6.93. The highest BCUT2D eigenvalue weighted by Gasteiger charge is 2.46. The van der Waals surface area contributed by atoms with Crippen LogP contribution in [0.4, 0.5) is 0 Å². The second-order valence-corrected chi connectivity index (χ2v) is 3.15. The van der Waals surface area contributed by atoms with Gasteiger partial charge in [0.25, 0.3) is 0 Å². The highest BCUT2D eigenvalue weighted by molar-refractivity contribution is 5.87. The maximum Gasteiger partial charge on any atom is 0.324 e. The Morgan fingerprint density at radius 1 is 1.38 bits per heavy atom. The molecular formula is C8H11NO4. The molecule has 2 unspecified atom stereocenters. The number of allylic oxidation sites excluding steroid dienone is 1. The Kier molecular flexibility index (Phi) is 2.38. The molecule has 0 aromatic carbocycles. The third kappa shape index (κ3) is 1.55. The molecule has 0 aromatic rings. The van der Waals surface area contributed by atoms with Crippen molar-refractivity contribution in [1.29, 1.82) is 0 Å². The average Bonchev–Trinajstić information content (AvgIpc) is 2.04. The van der Waals surface area contributed by atoms with Gasteiger partial charge in [0.05, 0.1) is 5.92 Å². The number of aliphatic carboxylic acids is 2. The number of carbonyl (C=O) groups is 2. The summed E-state index contributed by atoms with van der Waals surface area (Å²) in [6.07, 6.45) is 3.50. The first-order valence-electron chi connectivity index (χ1n) is 3.88. The molecule has 0 bridgehead atoms. The van der Waals surface area contributed by atoms with Crippen LogP contribution in [0.1, 0.15) is 12.8 Å². The minimum Gasteiger partial charge on any atom is -0.481 e. The third-order valence-corrected chi connectivity index (χ3v) is 2.31. The Labute approximate surface area is 74.8 Å². The van der Waals surface area contributed by atoms with Crippen molar-refractivity contribution in [3.63, 3.8) is 0 Å². The quantitative estimate of drug-likeness (QED) is 0.518. The summed E-state index contributed by atoms with van der Waals surface area (Å²) in [4.78, 5) is 21.5. The van der Waals surface area contributed by atoms with Gasteiger partial charge < -0.3 is 15.9 Å². The van der Waals surface area contributed by atoms with E-state index >= 15 is 0 Å². The number of hydrogen-bond acceptors (Lipinski definition) is 3. The molecule has 1 aliphatic carbocycles. The summed E-state index contributed by atoms with van der Waals surface area (Å²) in [5.41, 5.74) is 3.86. The normalized spacial score (nSPS) is 32.8. The van der Waals surface area contributed by atoms with Gasteiger partial charge in [-0.25, -0.2) is 0 Å². The zero-order valence-corrected chi connectivity index (χ0v) is 6.93. The largest absolute Gasteiger partial charge is 0.481 e. The summed E-state index contributed by atoms with van der Waals surface area (Å²) < 4.78 is 0. The summed E-state index contributed by atoms with van der Waals surface area (Å²) in [6.45, 7) is 0. The maximum absolute atomic E-state index is 10.8. The van der Waals surface area contributed by atoms with Crippen molar-refractivity contribution in [1.82, 2.24) is 0 Å². The molecule has 0 spiro atoms. The third-order valence-electron chi connectivity index (χ3n) is 2.31. The van der Waals surface area contributed by atoms with Gasteiger partial charge >= 0.3 is 11.9 Å². The number of hydrogen-bond donors (Lipinski definition) is 3. The molecule has 72 valence electrons. The number of carboxylic acid groups (broad SMARTS) is 2. The fourth-order valence-corrected chi connectivity index (χ4v) is 1.42. The zero-order chi connectivity index (χ0) is 10.1. The van der Waals surface area contributed by atoms with E-state index in [0.29, 0.717) is 0 Å². The van der Waals surface area contributed by atoms with Crippen LogP contribution in [0.5, 0.6) is 0 Å². The molecule has 13 heavy (non-hydrogen) atoms. The van der Waals surface area contributed by atoms with E-state index in [1.165, 1.54) is 0 Å². The lowest BCUT2D eigenvalue weighted by atomic mass is 9.76. The predicted octanol–water partition coefficient (Wildman–Crippen LogP) is -0.181. The maximum atomic E-state index is 10.8. The molecule has 0 saturated heterocycles. The molecule has 1 aliphatic rings. The summed E-state index contributed by atoms with van der Waals surface area (Å²) in [6, 6.07) is 0. The molecule has 5 heteroatoms. The van der Waals surface area contributed by atoms with E-state index < -0.39 is 23.4 Å². The molecule has 0 aliphatic heterocycles. The summed E-state index contributed by atoms with van der Waals surface area (Å²) in [5.74, 6) is -3.45. The van der Waals surface area contributed by atoms with Crippen molar-refractivity contribution in [3.05, 3.63) is 12.2 Å². The minimum atomic E-state index is -1.65. The minimum absolute atomic E-state index is 0.0688. The van der Waals surface area contributed by atoms with Crippen molar-refractivity contribution in [3.8, 4) is 0 Å². The van der Waals surface area contributed by atoms with E-state index in [2.05, 4.69) is 0 Å². The second-order valence-electron chi connectivity index (χ2n) is 3.15. The molecule has 0 saturated carbocycles. The lowest BCUT2D eigenvalue weighted by Crippen LogP contribution is -2.57. The van der Waals surface area contributed by atoms with Crippen LogP contribution in [0.3, 0.4) is 0 Å². The molecule has 5 nitrogen and oxygen atoms in total. The van der Waals surface area contributed by atoms with Crippen molar-refractivity contribution in [2.45, 2.75) is 18.4 Å². The van der Waals surface area contributed by atoms with Crippen LogP contribution in [0.25, 0.3) is 0 Å². The summed E-state index contributed by atoms with van der Waals surface area (Å²) in [7, 11) is 0. The smallest absolute Gasteiger partial charge is 0.324 e. The van der Waals surface area contributed by atoms with Crippen LogP contribution in [-0.2, 0) is 9.59 Å².